The van der Waals surface area contributed by atoms with Crippen LogP contribution in [-0.4, -0.2) is 51.2 Å². The molecule has 2 fully saturated rings. The second-order valence-corrected chi connectivity index (χ2v) is 8.31. The van der Waals surface area contributed by atoms with Crippen molar-refractivity contribution in [2.24, 2.45) is 11.8 Å². The van der Waals surface area contributed by atoms with E-state index < -0.39 is 6.10 Å². The van der Waals surface area contributed by atoms with Gasteiger partial charge in [0.2, 0.25) is 0 Å². The smallest absolute Gasteiger partial charge is 0.269 e. The number of nitrogens with one attached hydrogen (secondary N) is 2. The number of aryl methyl sites for hydroxylation is 1. The van der Waals surface area contributed by atoms with Crippen LogP contribution in [0.2, 0.25) is 0 Å². The van der Waals surface area contributed by atoms with Gasteiger partial charge in [-0.1, -0.05) is 18.2 Å². The Morgan fingerprint density at radius 3 is 2.83 bits per heavy atom. The number of pyridine rings is 1. The third-order valence-corrected chi connectivity index (χ3v) is 6.36. The molecule has 1 saturated heterocycles. The second-order valence-electron chi connectivity index (χ2n) is 8.31. The van der Waals surface area contributed by atoms with E-state index in [2.05, 4.69) is 49.4 Å². The molecule has 1 aromatic carbocycles. The lowest BCUT2D eigenvalue weighted by molar-refractivity contribution is 0.0460. The van der Waals surface area contributed by atoms with Crippen LogP contribution in [0.15, 0.2) is 42.9 Å². The van der Waals surface area contributed by atoms with E-state index in [4.69, 9.17) is 0 Å². The first-order valence-electron chi connectivity index (χ1n) is 10.2. The number of hydrogen-bond acceptors (Lipinski definition) is 5. The van der Waals surface area contributed by atoms with Crippen LogP contribution in [0.1, 0.15) is 29.0 Å². The summed E-state index contributed by atoms with van der Waals surface area (Å²) < 4.78 is 0. The highest BCUT2D eigenvalue weighted by molar-refractivity contribution is 5.92. The molecule has 7 heteroatoms. The molecule has 2 aliphatic rings. The van der Waals surface area contributed by atoms with Gasteiger partial charge in [0.1, 0.15) is 5.69 Å². The number of anilines is 1. The van der Waals surface area contributed by atoms with Gasteiger partial charge in [0.15, 0.2) is 0 Å². The Hall–Kier alpha value is -2.93. The zero-order valence-electron chi connectivity index (χ0n) is 16.4. The van der Waals surface area contributed by atoms with Crippen molar-refractivity contribution in [3.63, 3.8) is 0 Å². The third kappa shape index (κ3) is 3.35. The minimum Gasteiger partial charge on any atom is -0.391 e. The van der Waals surface area contributed by atoms with Crippen molar-refractivity contribution >= 4 is 22.5 Å². The Morgan fingerprint density at radius 2 is 2.03 bits per heavy atom. The van der Waals surface area contributed by atoms with Crippen LogP contribution >= 0.6 is 0 Å². The molecule has 3 heterocycles. The molecule has 1 aliphatic heterocycles. The first-order valence-corrected chi connectivity index (χ1v) is 10.2. The summed E-state index contributed by atoms with van der Waals surface area (Å²) in [7, 11) is 0. The highest BCUT2D eigenvalue weighted by Crippen LogP contribution is 2.40. The first-order chi connectivity index (χ1) is 14.1. The Kier molecular flexibility index (Phi) is 4.47. The number of imidazole rings is 1. The maximum atomic E-state index is 12.4. The molecule has 1 saturated carbocycles. The molecule has 4 atom stereocenters. The number of nitrogens with zero attached hydrogens (tertiary/aromatic N) is 3. The maximum Gasteiger partial charge on any atom is 0.269 e. The average molecular weight is 391 g/mol. The number of aliphatic hydroxyl groups excluding tert-OH is 1. The lowest BCUT2D eigenvalue weighted by Gasteiger charge is -2.35. The van der Waals surface area contributed by atoms with Crippen LogP contribution in [-0.2, 0) is 0 Å². The highest BCUT2D eigenvalue weighted by Gasteiger charge is 2.42. The monoisotopic (exact) mass is 391 g/mol. The second kappa shape index (κ2) is 7.15. The molecule has 0 unspecified atom stereocenters. The summed E-state index contributed by atoms with van der Waals surface area (Å²) in [4.78, 5) is 26.2. The van der Waals surface area contributed by atoms with Gasteiger partial charge in [0.25, 0.3) is 5.91 Å². The van der Waals surface area contributed by atoms with Crippen molar-refractivity contribution in [2.45, 2.75) is 31.9 Å². The van der Waals surface area contributed by atoms with Gasteiger partial charge in [-0.3, -0.25) is 9.78 Å². The summed E-state index contributed by atoms with van der Waals surface area (Å²) in [6.07, 6.45) is 3.94. The topological polar surface area (TPSA) is 94.1 Å². The predicted octanol–water partition coefficient (Wildman–Crippen LogP) is 2.27. The number of amides is 1. The average Bonchev–Trinajstić information content (AvgIpc) is 3.37. The molecule has 1 amide bonds. The number of benzene rings is 1. The lowest BCUT2D eigenvalue weighted by atomic mass is 9.77. The van der Waals surface area contributed by atoms with E-state index in [1.54, 1.807) is 0 Å². The van der Waals surface area contributed by atoms with Gasteiger partial charge >= 0.3 is 0 Å². The zero-order chi connectivity index (χ0) is 20.0. The van der Waals surface area contributed by atoms with Crippen molar-refractivity contribution in [3.8, 4) is 0 Å². The van der Waals surface area contributed by atoms with Crippen molar-refractivity contribution in [2.75, 3.05) is 18.0 Å². The van der Waals surface area contributed by atoms with Gasteiger partial charge in [-0.05, 0) is 43.7 Å². The molecular formula is C22H25N5O2. The van der Waals surface area contributed by atoms with E-state index in [0.717, 1.165) is 30.7 Å². The van der Waals surface area contributed by atoms with E-state index >= 15 is 0 Å². The van der Waals surface area contributed by atoms with Crippen LogP contribution in [0, 0.1) is 18.8 Å². The highest BCUT2D eigenvalue weighted by atomic mass is 16.3. The molecule has 3 N–H and O–H groups in total. The number of H-pyrrole nitrogens is 1. The minimum atomic E-state index is -0.529. The van der Waals surface area contributed by atoms with E-state index in [1.807, 2.05) is 13.0 Å². The zero-order valence-corrected chi connectivity index (χ0v) is 16.4. The van der Waals surface area contributed by atoms with E-state index in [1.165, 1.54) is 23.6 Å². The van der Waals surface area contributed by atoms with Crippen LogP contribution in [0.5, 0.6) is 0 Å². The number of aromatic amines is 1. The fraction of sp³-hybridized carbons (Fsp3) is 0.409. The predicted molar refractivity (Wildman–Crippen MR) is 111 cm³/mol. The molecule has 2 aromatic heterocycles. The van der Waals surface area contributed by atoms with Crippen LogP contribution < -0.4 is 10.2 Å². The number of aliphatic hydroxyl groups is 1. The SMILES string of the molecule is Cc1cc(N2C[C@H]3C[C@H](O)[C@@H](NC(=O)c4cnc[nH]4)C[C@H]3C2)c2ccccc2n1. The van der Waals surface area contributed by atoms with Crippen LogP contribution in [0.3, 0.4) is 0 Å². The number of carbonyl (C=O) groups is 1. The van der Waals surface area contributed by atoms with Crippen molar-refractivity contribution < 1.29 is 9.90 Å². The number of hydrogen-bond donors (Lipinski definition) is 3. The van der Waals surface area contributed by atoms with Crippen LogP contribution in [0.4, 0.5) is 5.69 Å². The van der Waals surface area contributed by atoms with Gasteiger partial charge in [-0.15, -0.1) is 0 Å². The fourth-order valence-corrected chi connectivity index (χ4v) is 4.96. The summed E-state index contributed by atoms with van der Waals surface area (Å²) in [5, 5.41) is 14.8. The Bertz CT molecular complexity index is 1030. The molecule has 29 heavy (non-hydrogen) atoms. The lowest BCUT2D eigenvalue weighted by Crippen LogP contribution is -2.49. The molecule has 7 nitrogen and oxygen atoms in total. The van der Waals surface area contributed by atoms with E-state index in [-0.39, 0.29) is 11.9 Å². The van der Waals surface area contributed by atoms with E-state index in [0.29, 0.717) is 24.0 Å². The number of carbonyl (C=O) groups excluding carboxylic acids is 1. The first kappa shape index (κ1) is 18.1. The summed E-state index contributed by atoms with van der Waals surface area (Å²) in [5.41, 5.74) is 3.67. The standard InChI is InChI=1S/C22H25N5O2/c1-13-6-20(16-4-2-3-5-17(16)25-13)27-10-14-7-18(21(28)8-15(14)11-27)26-22(29)19-9-23-12-24-19/h2-6,9,12,14-15,18,21,28H,7-8,10-11H2,1H3,(H,23,24)(H,26,29)/t14-,15+,18-,21-/m0/s1. The van der Waals surface area contributed by atoms with Crippen LogP contribution in [0.25, 0.3) is 10.9 Å². The van der Waals surface area contributed by atoms with Crippen molar-refractivity contribution in [3.05, 3.63) is 54.2 Å². The third-order valence-electron chi connectivity index (χ3n) is 6.36. The molecule has 0 radical (unpaired) electrons. The van der Waals surface area contributed by atoms with E-state index in [9.17, 15) is 9.90 Å². The molecule has 150 valence electrons. The van der Waals surface area contributed by atoms with Gasteiger partial charge in [0, 0.05) is 29.9 Å². The Morgan fingerprint density at radius 1 is 1.24 bits per heavy atom. The molecular weight excluding hydrogens is 366 g/mol. The van der Waals surface area contributed by atoms with Gasteiger partial charge in [-0.25, -0.2) is 4.98 Å². The Balaban J connectivity index is 1.34. The molecule has 0 spiro atoms. The van der Waals surface area contributed by atoms with Crippen molar-refractivity contribution in [1.82, 2.24) is 20.3 Å². The van der Waals surface area contributed by atoms with Gasteiger partial charge in [-0.2, -0.15) is 0 Å². The van der Waals surface area contributed by atoms with Gasteiger partial charge < -0.3 is 20.3 Å². The number of fused-ring (bicyclic) bond motifs is 2. The number of para-hydroxylation sites is 1. The minimum absolute atomic E-state index is 0.212. The van der Waals surface area contributed by atoms with Crippen molar-refractivity contribution in [1.29, 1.82) is 0 Å². The quantitative estimate of drug-likeness (QED) is 0.637. The number of aromatic nitrogens is 3. The molecule has 1 aliphatic carbocycles. The Labute approximate surface area is 169 Å². The summed E-state index contributed by atoms with van der Waals surface area (Å²) in [5.74, 6) is 0.658. The molecule has 5 rings (SSSR count). The maximum absolute atomic E-state index is 12.4. The fourth-order valence-electron chi connectivity index (χ4n) is 4.96. The number of rotatable bonds is 3. The summed E-state index contributed by atoms with van der Waals surface area (Å²) in [6, 6.07) is 10.2. The molecule has 3 aromatic rings. The summed E-state index contributed by atoms with van der Waals surface area (Å²) in [6.45, 7) is 3.89. The largest absolute Gasteiger partial charge is 0.391 e. The molecule has 0 bridgehead atoms. The normalized spacial score (nSPS) is 26.5. The van der Waals surface area contributed by atoms with Gasteiger partial charge in [0.05, 0.1) is 30.2 Å². The summed E-state index contributed by atoms with van der Waals surface area (Å²) >= 11 is 0.